The maximum atomic E-state index is 12.4. The van der Waals surface area contributed by atoms with Crippen LogP contribution in [0.4, 0.5) is 10.5 Å². The molecule has 0 bridgehead atoms. The summed E-state index contributed by atoms with van der Waals surface area (Å²) < 4.78 is 0. The molecular formula is C20H23N5O. The number of anilines is 1. The van der Waals surface area contributed by atoms with Gasteiger partial charge in [-0.25, -0.2) is 9.78 Å². The van der Waals surface area contributed by atoms with Crippen LogP contribution in [-0.2, 0) is 6.54 Å². The second-order valence-corrected chi connectivity index (χ2v) is 6.64. The number of fused-ring (bicyclic) bond motifs is 1. The fraction of sp³-hybridized carbons (Fsp3) is 0.300. The number of piperazine rings is 1. The van der Waals surface area contributed by atoms with Gasteiger partial charge in [0.15, 0.2) is 0 Å². The lowest BCUT2D eigenvalue weighted by atomic mass is 10.2. The maximum Gasteiger partial charge on any atom is 0.317 e. The average molecular weight is 349 g/mol. The van der Waals surface area contributed by atoms with Gasteiger partial charge in [0, 0.05) is 38.4 Å². The van der Waals surface area contributed by atoms with Gasteiger partial charge in [-0.1, -0.05) is 30.3 Å². The van der Waals surface area contributed by atoms with Crippen molar-refractivity contribution in [2.24, 2.45) is 0 Å². The predicted octanol–water partition coefficient (Wildman–Crippen LogP) is 2.90. The van der Waals surface area contributed by atoms with Crippen LogP contribution in [0.2, 0.25) is 0 Å². The number of carbonyl (C=O) groups is 1. The van der Waals surface area contributed by atoms with Crippen molar-refractivity contribution >= 4 is 22.8 Å². The molecule has 1 aromatic heterocycles. The molecule has 1 fully saturated rings. The van der Waals surface area contributed by atoms with Crippen molar-refractivity contribution in [2.45, 2.75) is 13.5 Å². The molecule has 134 valence electrons. The Morgan fingerprint density at radius 2 is 1.88 bits per heavy atom. The number of nitrogens with zero attached hydrogens (tertiary/aromatic N) is 3. The molecule has 2 N–H and O–H groups in total. The number of imidazole rings is 1. The topological polar surface area (TPSA) is 64.3 Å². The highest BCUT2D eigenvalue weighted by atomic mass is 16.2. The van der Waals surface area contributed by atoms with Crippen LogP contribution in [0.15, 0.2) is 48.5 Å². The van der Waals surface area contributed by atoms with Crippen LogP contribution in [-0.4, -0.2) is 47.1 Å². The third-order valence-electron chi connectivity index (χ3n) is 4.80. The van der Waals surface area contributed by atoms with Gasteiger partial charge in [-0.15, -0.1) is 0 Å². The minimum Gasteiger partial charge on any atom is -0.368 e. The quantitative estimate of drug-likeness (QED) is 0.764. The van der Waals surface area contributed by atoms with E-state index in [0.29, 0.717) is 6.54 Å². The molecule has 3 aromatic rings. The van der Waals surface area contributed by atoms with Crippen molar-refractivity contribution in [3.05, 3.63) is 59.9 Å². The number of amides is 2. The Morgan fingerprint density at radius 1 is 1.12 bits per heavy atom. The van der Waals surface area contributed by atoms with Gasteiger partial charge in [0.2, 0.25) is 0 Å². The van der Waals surface area contributed by atoms with Gasteiger partial charge < -0.3 is 20.1 Å². The summed E-state index contributed by atoms with van der Waals surface area (Å²) >= 11 is 0. The minimum atomic E-state index is 0.00754. The summed E-state index contributed by atoms with van der Waals surface area (Å²) in [7, 11) is 0. The molecule has 2 aromatic carbocycles. The number of carbonyl (C=O) groups excluding carboxylic acids is 1. The Kier molecular flexibility index (Phi) is 4.48. The average Bonchev–Trinajstić information content (AvgIpc) is 3.06. The zero-order valence-electron chi connectivity index (χ0n) is 14.9. The molecule has 4 rings (SSSR count). The molecule has 6 nitrogen and oxygen atoms in total. The molecule has 26 heavy (non-hydrogen) atoms. The summed E-state index contributed by atoms with van der Waals surface area (Å²) in [5.74, 6) is 0.928. The molecule has 0 unspecified atom stereocenters. The highest BCUT2D eigenvalue weighted by Crippen LogP contribution is 2.22. The van der Waals surface area contributed by atoms with Crippen molar-refractivity contribution in [1.82, 2.24) is 20.2 Å². The van der Waals surface area contributed by atoms with E-state index in [2.05, 4.69) is 32.3 Å². The van der Waals surface area contributed by atoms with E-state index in [9.17, 15) is 4.79 Å². The molecular weight excluding hydrogens is 326 g/mol. The lowest BCUT2D eigenvalue weighted by Crippen LogP contribution is -2.51. The number of rotatable bonds is 3. The van der Waals surface area contributed by atoms with E-state index >= 15 is 0 Å². The number of benzene rings is 2. The fourth-order valence-electron chi connectivity index (χ4n) is 3.37. The van der Waals surface area contributed by atoms with Gasteiger partial charge in [-0.05, 0) is 30.7 Å². The molecule has 0 atom stereocenters. The number of aryl methyl sites for hydroxylation is 1. The van der Waals surface area contributed by atoms with Crippen molar-refractivity contribution < 1.29 is 4.79 Å². The number of hydrogen-bond acceptors (Lipinski definition) is 3. The lowest BCUT2D eigenvalue weighted by molar-refractivity contribution is 0.194. The second-order valence-electron chi connectivity index (χ2n) is 6.64. The normalized spacial score (nSPS) is 14.7. The summed E-state index contributed by atoms with van der Waals surface area (Å²) in [6.07, 6.45) is 0. The lowest BCUT2D eigenvalue weighted by Gasteiger charge is -2.36. The van der Waals surface area contributed by atoms with Gasteiger partial charge >= 0.3 is 6.03 Å². The summed E-state index contributed by atoms with van der Waals surface area (Å²) in [4.78, 5) is 24.3. The van der Waals surface area contributed by atoms with Crippen molar-refractivity contribution in [2.75, 3.05) is 31.1 Å². The monoisotopic (exact) mass is 349 g/mol. The second kappa shape index (κ2) is 7.07. The zero-order chi connectivity index (χ0) is 17.9. The SMILES string of the molecule is Cc1nc2ccc(N3CCN(C(=O)NCc4ccccc4)CC3)cc2[nH]1. The first-order valence-corrected chi connectivity index (χ1v) is 8.97. The number of aromatic amines is 1. The Hall–Kier alpha value is -3.02. The zero-order valence-corrected chi connectivity index (χ0v) is 14.9. The predicted molar refractivity (Wildman–Crippen MR) is 103 cm³/mol. The Bertz CT molecular complexity index is 897. The molecule has 0 spiro atoms. The maximum absolute atomic E-state index is 12.4. The molecule has 6 heteroatoms. The van der Waals surface area contributed by atoms with E-state index in [0.717, 1.165) is 48.6 Å². The third kappa shape index (κ3) is 3.49. The van der Waals surface area contributed by atoms with Crippen molar-refractivity contribution in [3.63, 3.8) is 0 Å². The van der Waals surface area contributed by atoms with Crippen LogP contribution < -0.4 is 10.2 Å². The van der Waals surface area contributed by atoms with Gasteiger partial charge in [-0.2, -0.15) is 0 Å². The van der Waals surface area contributed by atoms with Crippen molar-refractivity contribution in [1.29, 1.82) is 0 Å². The van der Waals surface area contributed by atoms with Crippen molar-refractivity contribution in [3.8, 4) is 0 Å². The molecule has 1 aliphatic rings. The first kappa shape index (κ1) is 16.4. The van der Waals surface area contributed by atoms with Gasteiger partial charge in [0.1, 0.15) is 5.82 Å². The first-order chi connectivity index (χ1) is 12.7. The van der Waals surface area contributed by atoms with Crippen LogP contribution >= 0.6 is 0 Å². The summed E-state index contributed by atoms with van der Waals surface area (Å²) in [6, 6.07) is 16.3. The minimum absolute atomic E-state index is 0.00754. The van der Waals surface area contributed by atoms with Gasteiger partial charge in [0.05, 0.1) is 11.0 Å². The van der Waals surface area contributed by atoms with Gasteiger partial charge in [-0.3, -0.25) is 0 Å². The number of hydrogen-bond donors (Lipinski definition) is 2. The summed E-state index contributed by atoms with van der Waals surface area (Å²) in [5, 5.41) is 3.01. The first-order valence-electron chi connectivity index (χ1n) is 8.97. The van der Waals surface area contributed by atoms with Crippen LogP contribution in [0.1, 0.15) is 11.4 Å². The third-order valence-corrected chi connectivity index (χ3v) is 4.80. The van der Waals surface area contributed by atoms with Gasteiger partial charge in [0.25, 0.3) is 0 Å². The smallest absolute Gasteiger partial charge is 0.317 e. The number of nitrogens with one attached hydrogen (secondary N) is 2. The fourth-order valence-corrected chi connectivity index (χ4v) is 3.37. The molecule has 0 aliphatic carbocycles. The molecule has 1 saturated heterocycles. The summed E-state index contributed by atoms with van der Waals surface area (Å²) in [5.41, 5.74) is 4.33. The largest absolute Gasteiger partial charge is 0.368 e. The van der Waals surface area contributed by atoms with E-state index in [4.69, 9.17) is 0 Å². The van der Waals surface area contributed by atoms with E-state index in [1.807, 2.05) is 48.2 Å². The highest BCUT2D eigenvalue weighted by Gasteiger charge is 2.21. The van der Waals surface area contributed by atoms with Crippen LogP contribution in [0, 0.1) is 6.92 Å². The van der Waals surface area contributed by atoms with E-state index in [-0.39, 0.29) is 6.03 Å². The molecule has 1 aliphatic heterocycles. The van der Waals surface area contributed by atoms with E-state index < -0.39 is 0 Å². The molecule has 2 amide bonds. The molecule has 2 heterocycles. The molecule has 0 radical (unpaired) electrons. The molecule has 0 saturated carbocycles. The van der Waals surface area contributed by atoms with Crippen LogP contribution in [0.25, 0.3) is 11.0 Å². The number of urea groups is 1. The Balaban J connectivity index is 1.33. The summed E-state index contributed by atoms with van der Waals surface area (Å²) in [6.45, 7) is 5.64. The van der Waals surface area contributed by atoms with Crippen LogP contribution in [0.5, 0.6) is 0 Å². The number of aromatic nitrogens is 2. The highest BCUT2D eigenvalue weighted by molar-refractivity contribution is 5.80. The van der Waals surface area contributed by atoms with E-state index in [1.165, 1.54) is 5.69 Å². The Labute approximate surface area is 152 Å². The Morgan fingerprint density at radius 3 is 2.65 bits per heavy atom. The van der Waals surface area contributed by atoms with Crippen LogP contribution in [0.3, 0.4) is 0 Å². The number of H-pyrrole nitrogens is 1. The standard InChI is InChI=1S/C20H23N5O/c1-15-22-18-8-7-17(13-19(18)23-15)24-9-11-25(12-10-24)20(26)21-14-16-5-3-2-4-6-16/h2-8,13H,9-12,14H2,1H3,(H,21,26)(H,22,23). The van der Waals surface area contributed by atoms with E-state index in [1.54, 1.807) is 0 Å².